The number of likely N-dealkylation sites (N-methyl/N-ethyl adjacent to an activating group) is 1. The molecule has 0 fully saturated rings. The molecule has 14 heavy (non-hydrogen) atoms. The van der Waals surface area contributed by atoms with E-state index in [9.17, 15) is 0 Å². The fourth-order valence-electron chi connectivity index (χ4n) is 1.62. The Morgan fingerprint density at radius 3 is 2.86 bits per heavy atom. The molecule has 3 heteroatoms. The van der Waals surface area contributed by atoms with Crippen LogP contribution < -0.4 is 5.32 Å². The molecular weight excluding hydrogens is 176 g/mol. The summed E-state index contributed by atoms with van der Waals surface area (Å²) in [6.45, 7) is 5.10. The summed E-state index contributed by atoms with van der Waals surface area (Å²) in [5, 5.41) is 3.51. The summed E-state index contributed by atoms with van der Waals surface area (Å²) in [4.78, 5) is 2.19. The van der Waals surface area contributed by atoms with Gasteiger partial charge < -0.3 is 15.0 Å². The van der Waals surface area contributed by atoms with Crippen LogP contribution in [-0.2, 0) is 4.74 Å². The molecule has 1 aliphatic rings. The average molecular weight is 198 g/mol. The van der Waals surface area contributed by atoms with E-state index >= 15 is 0 Å². The van der Waals surface area contributed by atoms with Crippen molar-refractivity contribution in [1.82, 2.24) is 10.2 Å². The highest BCUT2D eigenvalue weighted by Crippen LogP contribution is 2.13. The van der Waals surface area contributed by atoms with Crippen molar-refractivity contribution in [2.24, 2.45) is 0 Å². The molecule has 0 aromatic carbocycles. The lowest BCUT2D eigenvalue weighted by atomic mass is 10.2. The van der Waals surface area contributed by atoms with Crippen molar-refractivity contribution in [2.45, 2.75) is 25.8 Å². The number of rotatable bonds is 6. The normalized spacial score (nSPS) is 18.1. The largest absolute Gasteiger partial charge is 0.496 e. The van der Waals surface area contributed by atoms with Gasteiger partial charge >= 0.3 is 0 Å². The van der Waals surface area contributed by atoms with E-state index in [2.05, 4.69) is 37.3 Å². The lowest BCUT2D eigenvalue weighted by molar-refractivity contribution is 0.200. The molecule has 0 saturated carbocycles. The van der Waals surface area contributed by atoms with Crippen LogP contribution in [0.1, 0.15) is 19.8 Å². The zero-order valence-corrected chi connectivity index (χ0v) is 9.55. The highest BCUT2D eigenvalue weighted by atomic mass is 16.5. The van der Waals surface area contributed by atoms with Crippen LogP contribution in [0.4, 0.5) is 0 Å². The van der Waals surface area contributed by atoms with Gasteiger partial charge in [0.1, 0.15) is 5.76 Å². The van der Waals surface area contributed by atoms with Gasteiger partial charge in [-0.05, 0) is 33.1 Å². The molecule has 0 spiro atoms. The van der Waals surface area contributed by atoms with Gasteiger partial charge in [-0.1, -0.05) is 6.92 Å². The second kappa shape index (κ2) is 6.04. The van der Waals surface area contributed by atoms with Crippen molar-refractivity contribution in [2.75, 3.05) is 33.8 Å². The average Bonchev–Trinajstić information content (AvgIpc) is 2.64. The molecule has 1 aliphatic heterocycles. The molecule has 0 aromatic rings. The summed E-state index contributed by atoms with van der Waals surface area (Å²) in [6.07, 6.45) is 4.43. The molecule has 0 aromatic heterocycles. The smallest absolute Gasteiger partial charge is 0.110 e. The SMILES string of the molecule is CCCNC(CN(C)C)C1=CCCO1. The van der Waals surface area contributed by atoms with Crippen LogP contribution in [0.3, 0.4) is 0 Å². The van der Waals surface area contributed by atoms with Gasteiger partial charge in [0.15, 0.2) is 0 Å². The van der Waals surface area contributed by atoms with Crippen molar-refractivity contribution in [3.05, 3.63) is 11.8 Å². The zero-order valence-electron chi connectivity index (χ0n) is 9.55. The Kier molecular flexibility index (Phi) is 4.98. The first kappa shape index (κ1) is 11.5. The van der Waals surface area contributed by atoms with Crippen LogP contribution in [0.25, 0.3) is 0 Å². The highest BCUT2D eigenvalue weighted by Gasteiger charge is 2.18. The van der Waals surface area contributed by atoms with Gasteiger partial charge in [0.25, 0.3) is 0 Å². The minimum absolute atomic E-state index is 0.368. The molecule has 0 aliphatic carbocycles. The molecule has 0 radical (unpaired) electrons. The summed E-state index contributed by atoms with van der Waals surface area (Å²) in [6, 6.07) is 0.368. The lowest BCUT2D eigenvalue weighted by Gasteiger charge is -2.23. The predicted octanol–water partition coefficient (Wildman–Crippen LogP) is 1.22. The molecule has 1 unspecified atom stereocenters. The molecule has 1 atom stereocenters. The van der Waals surface area contributed by atoms with Gasteiger partial charge in [-0.15, -0.1) is 0 Å². The number of nitrogens with zero attached hydrogens (tertiary/aromatic N) is 1. The van der Waals surface area contributed by atoms with Crippen LogP contribution in [0, 0.1) is 0 Å². The molecule has 82 valence electrons. The van der Waals surface area contributed by atoms with Crippen LogP contribution in [-0.4, -0.2) is 44.7 Å². The number of hydrogen-bond donors (Lipinski definition) is 1. The third-order valence-corrected chi connectivity index (χ3v) is 2.26. The Labute approximate surface area is 87.1 Å². The summed E-state index contributed by atoms with van der Waals surface area (Å²) >= 11 is 0. The molecule has 0 bridgehead atoms. The Hall–Kier alpha value is -0.540. The maximum atomic E-state index is 5.58. The van der Waals surface area contributed by atoms with E-state index in [4.69, 9.17) is 4.74 Å². The number of nitrogens with one attached hydrogen (secondary N) is 1. The first-order valence-corrected chi connectivity index (χ1v) is 5.45. The van der Waals surface area contributed by atoms with Gasteiger partial charge in [0.2, 0.25) is 0 Å². The van der Waals surface area contributed by atoms with Crippen molar-refractivity contribution < 1.29 is 4.74 Å². The second-order valence-electron chi connectivity index (χ2n) is 4.01. The molecule has 1 N–H and O–H groups in total. The van der Waals surface area contributed by atoms with Crippen LogP contribution in [0.2, 0.25) is 0 Å². The maximum absolute atomic E-state index is 5.58. The minimum Gasteiger partial charge on any atom is -0.496 e. The topological polar surface area (TPSA) is 24.5 Å². The Balaban J connectivity index is 2.42. The van der Waals surface area contributed by atoms with Gasteiger partial charge in [-0.25, -0.2) is 0 Å². The highest BCUT2D eigenvalue weighted by molar-refractivity contribution is 5.07. The van der Waals surface area contributed by atoms with Crippen molar-refractivity contribution in [1.29, 1.82) is 0 Å². The fourth-order valence-corrected chi connectivity index (χ4v) is 1.62. The summed E-state index contributed by atoms with van der Waals surface area (Å²) in [5.74, 6) is 1.13. The molecular formula is C11H22N2O. The zero-order chi connectivity index (χ0) is 10.4. The second-order valence-corrected chi connectivity index (χ2v) is 4.01. The number of hydrogen-bond acceptors (Lipinski definition) is 3. The maximum Gasteiger partial charge on any atom is 0.110 e. The molecule has 1 rings (SSSR count). The molecule has 1 heterocycles. The Bertz CT molecular complexity index is 190. The summed E-state index contributed by atoms with van der Waals surface area (Å²) in [7, 11) is 4.19. The van der Waals surface area contributed by atoms with E-state index in [1.807, 2.05) is 0 Å². The summed E-state index contributed by atoms with van der Waals surface area (Å²) < 4.78 is 5.58. The molecule has 0 saturated heterocycles. The quantitative estimate of drug-likeness (QED) is 0.694. The van der Waals surface area contributed by atoms with Gasteiger partial charge in [0, 0.05) is 13.0 Å². The lowest BCUT2D eigenvalue weighted by Crippen LogP contribution is -2.40. The first-order valence-electron chi connectivity index (χ1n) is 5.45. The van der Waals surface area contributed by atoms with Crippen LogP contribution >= 0.6 is 0 Å². The van der Waals surface area contributed by atoms with Crippen molar-refractivity contribution >= 4 is 0 Å². The standard InChI is InChI=1S/C11H22N2O/c1-4-7-12-10(9-13(2)3)11-6-5-8-14-11/h6,10,12H,4-5,7-9H2,1-3H3. The first-order chi connectivity index (χ1) is 6.74. The van der Waals surface area contributed by atoms with E-state index in [0.29, 0.717) is 6.04 Å². The van der Waals surface area contributed by atoms with Crippen molar-refractivity contribution in [3.63, 3.8) is 0 Å². The van der Waals surface area contributed by atoms with Crippen LogP contribution in [0.15, 0.2) is 11.8 Å². The summed E-state index contributed by atoms with van der Waals surface area (Å²) in [5.41, 5.74) is 0. The van der Waals surface area contributed by atoms with E-state index in [0.717, 1.165) is 38.3 Å². The molecule has 3 nitrogen and oxygen atoms in total. The third-order valence-electron chi connectivity index (χ3n) is 2.26. The fraction of sp³-hybridized carbons (Fsp3) is 0.818. The Morgan fingerprint density at radius 2 is 2.36 bits per heavy atom. The van der Waals surface area contributed by atoms with Gasteiger partial charge in [-0.2, -0.15) is 0 Å². The predicted molar refractivity (Wildman–Crippen MR) is 59.3 cm³/mol. The number of ether oxygens (including phenoxy) is 1. The Morgan fingerprint density at radius 1 is 1.57 bits per heavy atom. The van der Waals surface area contributed by atoms with Crippen LogP contribution in [0.5, 0.6) is 0 Å². The third kappa shape index (κ3) is 3.68. The van der Waals surface area contributed by atoms with E-state index in [-0.39, 0.29) is 0 Å². The van der Waals surface area contributed by atoms with E-state index in [1.54, 1.807) is 0 Å². The van der Waals surface area contributed by atoms with E-state index < -0.39 is 0 Å². The van der Waals surface area contributed by atoms with Crippen molar-refractivity contribution in [3.8, 4) is 0 Å². The minimum atomic E-state index is 0.368. The molecule has 0 amide bonds. The monoisotopic (exact) mass is 198 g/mol. The van der Waals surface area contributed by atoms with Gasteiger partial charge in [-0.3, -0.25) is 0 Å². The van der Waals surface area contributed by atoms with E-state index in [1.165, 1.54) is 0 Å². The van der Waals surface area contributed by atoms with Gasteiger partial charge in [0.05, 0.1) is 12.6 Å².